The highest BCUT2D eigenvalue weighted by Gasteiger charge is 2.12. The molecule has 2 unspecified atom stereocenters. The van der Waals surface area contributed by atoms with E-state index in [-0.39, 0.29) is 17.8 Å². The van der Waals surface area contributed by atoms with Gasteiger partial charge in [-0.25, -0.2) is 14.5 Å². The quantitative estimate of drug-likeness (QED) is 0.136. The van der Waals surface area contributed by atoms with Gasteiger partial charge in [-0.3, -0.25) is 0 Å². The van der Waals surface area contributed by atoms with Gasteiger partial charge >= 0.3 is 5.97 Å². The molecule has 3 aromatic heterocycles. The van der Waals surface area contributed by atoms with Crippen LogP contribution in [0.5, 0.6) is 0 Å². The second-order valence-electron chi connectivity index (χ2n) is 9.67. The average Bonchev–Trinajstić information content (AvgIpc) is 3.87. The van der Waals surface area contributed by atoms with Crippen LogP contribution in [0.4, 0.5) is 0 Å². The molecular formula is C32H33Cl4N9O4. The van der Waals surface area contributed by atoms with Crippen LogP contribution in [0.15, 0.2) is 91.5 Å². The monoisotopic (exact) mass is 747 g/mol. The molecule has 0 bridgehead atoms. The molecular weight excluding hydrogens is 716 g/mol. The van der Waals surface area contributed by atoms with E-state index in [1.807, 2.05) is 37.3 Å². The molecule has 0 saturated carbocycles. The average molecular weight is 749 g/mol. The number of aromatic nitrogens is 9. The Hall–Kier alpha value is -4.37. The van der Waals surface area contributed by atoms with Crippen molar-refractivity contribution in [2.75, 3.05) is 13.7 Å². The summed E-state index contributed by atoms with van der Waals surface area (Å²) in [5.74, 6) is -0.553. The summed E-state index contributed by atoms with van der Waals surface area (Å²) in [4.78, 5) is 17.9. The fraction of sp³-hybridized carbons (Fsp3) is 0.219. The van der Waals surface area contributed by atoms with Gasteiger partial charge in [0, 0.05) is 21.7 Å². The Kier molecular flexibility index (Phi) is 15.6. The summed E-state index contributed by atoms with van der Waals surface area (Å²) in [6.07, 6.45) is 4.00. The third-order valence-corrected chi connectivity index (χ3v) is 6.79. The van der Waals surface area contributed by atoms with Crippen molar-refractivity contribution in [3.8, 4) is 17.1 Å². The van der Waals surface area contributed by atoms with Gasteiger partial charge in [-0.15, -0.1) is 16.7 Å². The maximum Gasteiger partial charge on any atom is 0.377 e. The fourth-order valence-electron chi connectivity index (χ4n) is 3.56. The van der Waals surface area contributed by atoms with Gasteiger partial charge in [0.05, 0.1) is 48.0 Å². The van der Waals surface area contributed by atoms with Gasteiger partial charge in [-0.2, -0.15) is 30.0 Å². The van der Waals surface area contributed by atoms with Crippen molar-refractivity contribution < 1.29 is 19.7 Å². The predicted octanol–water partition coefficient (Wildman–Crippen LogP) is 6.90. The molecule has 2 N–H and O–H groups in total. The highest BCUT2D eigenvalue weighted by molar-refractivity contribution is 6.31. The molecule has 0 aliphatic carbocycles. The van der Waals surface area contributed by atoms with Gasteiger partial charge in [-0.05, 0) is 75.4 Å². The minimum absolute atomic E-state index is 0.0162. The molecule has 6 rings (SSSR count). The number of nitrogens with zero attached hydrogens (tertiary/aromatic N) is 9. The molecule has 0 amide bonds. The highest BCUT2D eigenvalue weighted by Crippen LogP contribution is 2.19. The molecule has 2 atom stereocenters. The first-order valence-corrected chi connectivity index (χ1v) is 16.1. The number of hydrogen-bond donors (Lipinski definition) is 2. The summed E-state index contributed by atoms with van der Waals surface area (Å²) in [5.41, 5.74) is 3.61. The first-order valence-electron chi connectivity index (χ1n) is 14.5. The number of esters is 1. The number of carbonyl (C=O) groups is 1. The minimum Gasteiger partial charge on any atom is -0.463 e. The van der Waals surface area contributed by atoms with E-state index in [1.165, 1.54) is 33.9 Å². The van der Waals surface area contributed by atoms with E-state index in [0.717, 1.165) is 22.8 Å². The van der Waals surface area contributed by atoms with E-state index in [1.54, 1.807) is 62.5 Å². The summed E-state index contributed by atoms with van der Waals surface area (Å²) in [6, 6.07) is 21.6. The Bertz CT molecular complexity index is 1820. The molecule has 13 nitrogen and oxygen atoms in total. The minimum atomic E-state index is -0.613. The van der Waals surface area contributed by atoms with Gasteiger partial charge in [0.1, 0.15) is 17.7 Å². The maximum absolute atomic E-state index is 11.1. The van der Waals surface area contributed by atoms with Gasteiger partial charge in [0.2, 0.25) is 0 Å². The zero-order valence-corrected chi connectivity index (χ0v) is 29.8. The van der Waals surface area contributed by atoms with Crippen LogP contribution in [-0.4, -0.2) is 74.7 Å². The first-order chi connectivity index (χ1) is 23.4. The SMILES string of the molecule is CC(Cl)c1cnn(-c2cccc(Cl)c2)n1.CC(O)c1cnn(-c2cccc(Cl)c2)n1.CCO.COC(=O)c1ncn(-c2cccc(Cl)c2)n1. The number of aliphatic hydroxyl groups is 2. The number of aliphatic hydroxyl groups excluding tert-OH is 2. The second-order valence-corrected chi connectivity index (χ2v) is 11.6. The van der Waals surface area contributed by atoms with Gasteiger partial charge in [-0.1, -0.05) is 53.0 Å². The molecule has 3 aromatic carbocycles. The molecule has 3 heterocycles. The van der Waals surface area contributed by atoms with Crippen molar-refractivity contribution in [2.24, 2.45) is 0 Å². The molecule has 6 aromatic rings. The topological polar surface area (TPSA) is 159 Å². The van der Waals surface area contributed by atoms with Crippen LogP contribution in [0, 0.1) is 0 Å². The largest absolute Gasteiger partial charge is 0.463 e. The second kappa shape index (κ2) is 19.6. The molecule has 0 spiro atoms. The Morgan fingerprint density at radius 1 is 0.796 bits per heavy atom. The maximum atomic E-state index is 11.1. The summed E-state index contributed by atoms with van der Waals surface area (Å²) in [5, 5.41) is 39.1. The van der Waals surface area contributed by atoms with Crippen LogP contribution in [-0.2, 0) is 4.74 Å². The van der Waals surface area contributed by atoms with E-state index in [0.29, 0.717) is 20.8 Å². The summed E-state index contributed by atoms with van der Waals surface area (Å²) < 4.78 is 5.96. The molecule has 258 valence electrons. The normalized spacial score (nSPS) is 11.5. The zero-order chi connectivity index (χ0) is 35.9. The summed E-state index contributed by atoms with van der Waals surface area (Å²) in [6.45, 7) is 5.43. The lowest BCUT2D eigenvalue weighted by atomic mass is 10.3. The van der Waals surface area contributed by atoms with E-state index < -0.39 is 12.1 Å². The Balaban J connectivity index is 0.000000191. The number of carbonyl (C=O) groups excluding carboxylic acids is 1. The van der Waals surface area contributed by atoms with Crippen LogP contribution in [0.25, 0.3) is 17.1 Å². The van der Waals surface area contributed by atoms with Crippen molar-refractivity contribution in [2.45, 2.75) is 32.3 Å². The highest BCUT2D eigenvalue weighted by atomic mass is 35.5. The van der Waals surface area contributed by atoms with Crippen LogP contribution < -0.4 is 0 Å². The van der Waals surface area contributed by atoms with Gasteiger partial charge < -0.3 is 14.9 Å². The molecule has 49 heavy (non-hydrogen) atoms. The Morgan fingerprint density at radius 3 is 1.65 bits per heavy atom. The van der Waals surface area contributed by atoms with E-state index >= 15 is 0 Å². The van der Waals surface area contributed by atoms with Crippen molar-refractivity contribution in [3.63, 3.8) is 0 Å². The first kappa shape index (κ1) is 39.1. The van der Waals surface area contributed by atoms with Gasteiger partial charge in [0.25, 0.3) is 5.82 Å². The van der Waals surface area contributed by atoms with Crippen LogP contribution in [0.2, 0.25) is 15.1 Å². The lowest BCUT2D eigenvalue weighted by Gasteiger charge is -2.00. The third-order valence-electron chi connectivity index (χ3n) is 5.87. The number of halogens is 4. The van der Waals surface area contributed by atoms with E-state index in [9.17, 15) is 9.90 Å². The molecule has 0 fully saturated rings. The van der Waals surface area contributed by atoms with Crippen molar-refractivity contribution in [1.82, 2.24) is 44.8 Å². The van der Waals surface area contributed by atoms with Crippen molar-refractivity contribution >= 4 is 52.4 Å². The number of benzene rings is 3. The van der Waals surface area contributed by atoms with Crippen LogP contribution in [0.3, 0.4) is 0 Å². The number of ether oxygens (including phenoxy) is 1. The summed E-state index contributed by atoms with van der Waals surface area (Å²) in [7, 11) is 1.28. The van der Waals surface area contributed by atoms with Crippen molar-refractivity contribution in [3.05, 3.63) is 124 Å². The number of methoxy groups -OCH3 is 1. The molecule has 0 aliphatic rings. The predicted molar refractivity (Wildman–Crippen MR) is 188 cm³/mol. The van der Waals surface area contributed by atoms with E-state index in [4.69, 9.17) is 51.5 Å². The lowest BCUT2D eigenvalue weighted by molar-refractivity contribution is 0.0587. The van der Waals surface area contributed by atoms with E-state index in [2.05, 4.69) is 35.2 Å². The number of alkyl halides is 1. The van der Waals surface area contributed by atoms with Crippen LogP contribution >= 0.6 is 46.4 Å². The van der Waals surface area contributed by atoms with Crippen LogP contribution in [0.1, 0.15) is 54.3 Å². The molecule has 17 heteroatoms. The number of rotatable bonds is 6. The zero-order valence-electron chi connectivity index (χ0n) is 26.8. The van der Waals surface area contributed by atoms with Crippen molar-refractivity contribution in [1.29, 1.82) is 0 Å². The molecule has 0 saturated heterocycles. The van der Waals surface area contributed by atoms with Gasteiger partial charge in [0.15, 0.2) is 0 Å². The smallest absolute Gasteiger partial charge is 0.377 e. The fourth-order valence-corrected chi connectivity index (χ4v) is 4.22. The summed E-state index contributed by atoms with van der Waals surface area (Å²) >= 11 is 23.4. The standard InChI is InChI=1S/C10H9Cl2N3.C10H8ClN3O2.C10H10ClN3O.C2H6O/c1-7(11)10-6-13-15(14-10)9-4-2-3-8(12)5-9;1-16-10(15)9-12-6-14(13-9)8-4-2-3-7(11)5-8;1-7(15)10-6-12-14(13-10)9-4-2-3-8(11)5-9;1-2-3/h2-7H,1H3;2-6H,1H3;2-7,15H,1H3;3H,2H2,1H3. The third kappa shape index (κ3) is 12.2. The Morgan fingerprint density at radius 2 is 1.24 bits per heavy atom. The molecule has 0 aliphatic heterocycles. The number of hydrogen-bond acceptors (Lipinski definition) is 10. The lowest BCUT2D eigenvalue weighted by Crippen LogP contribution is -2.05. The molecule has 0 radical (unpaired) electrons. The Labute approximate surface area is 302 Å².